The molecule has 0 unspecified atom stereocenters. The van der Waals surface area contributed by atoms with Crippen LogP contribution in [-0.4, -0.2) is 68.2 Å². The predicted octanol–water partition coefficient (Wildman–Crippen LogP) is 3.19. The van der Waals surface area contributed by atoms with Crippen LogP contribution in [0.25, 0.3) is 0 Å². The number of urea groups is 1. The van der Waals surface area contributed by atoms with Crippen molar-refractivity contribution in [3.63, 3.8) is 0 Å². The summed E-state index contributed by atoms with van der Waals surface area (Å²) in [5, 5.41) is 6.06. The third-order valence-electron chi connectivity index (χ3n) is 6.84. The molecule has 3 aliphatic rings. The molecule has 0 atom stereocenters. The zero-order valence-electron chi connectivity index (χ0n) is 19.0. The Hall–Kier alpha value is -2.16. The van der Waals surface area contributed by atoms with Gasteiger partial charge in [0.15, 0.2) is 0 Å². The number of rotatable bonds is 7. The summed E-state index contributed by atoms with van der Waals surface area (Å²) >= 11 is 6.30. The summed E-state index contributed by atoms with van der Waals surface area (Å²) in [6, 6.07) is 4.44. The van der Waals surface area contributed by atoms with Crippen LogP contribution in [0.1, 0.15) is 55.3 Å². The van der Waals surface area contributed by atoms with E-state index < -0.39 is 6.03 Å². The first-order valence-electron chi connectivity index (χ1n) is 12.0. The number of imide groups is 1. The van der Waals surface area contributed by atoms with Crippen molar-refractivity contribution in [1.82, 2.24) is 15.5 Å². The molecule has 0 radical (unpaired) electrons. The highest BCUT2D eigenvalue weighted by molar-refractivity contribution is 6.34. The second kappa shape index (κ2) is 11.3. The van der Waals surface area contributed by atoms with Crippen LogP contribution < -0.4 is 15.5 Å². The van der Waals surface area contributed by atoms with Gasteiger partial charge in [-0.05, 0) is 75.7 Å². The Morgan fingerprint density at radius 3 is 2.58 bits per heavy atom. The quantitative estimate of drug-likeness (QED) is 0.590. The third-order valence-corrected chi connectivity index (χ3v) is 7.16. The molecule has 4 amide bonds. The number of hydrogen-bond donors (Lipinski definition) is 2. The Bertz CT molecular complexity index is 866. The number of hydrogen-bond acceptors (Lipinski definition) is 5. The number of nitrogens with one attached hydrogen (secondary N) is 2. The highest BCUT2D eigenvalue weighted by Gasteiger charge is 2.28. The van der Waals surface area contributed by atoms with E-state index in [1.54, 1.807) is 18.2 Å². The molecule has 2 N–H and O–H groups in total. The number of carbonyl (C=O) groups excluding carboxylic acids is 3. The Balaban J connectivity index is 1.25. The largest absolute Gasteiger partial charge is 0.378 e. The number of ether oxygens (including phenoxy) is 1. The molecule has 1 aromatic carbocycles. The summed E-state index contributed by atoms with van der Waals surface area (Å²) in [7, 11) is 0. The summed E-state index contributed by atoms with van der Waals surface area (Å²) in [5.74, 6) is 0.442. The molecule has 3 fully saturated rings. The van der Waals surface area contributed by atoms with Crippen molar-refractivity contribution in [2.24, 2.45) is 5.92 Å². The Kier molecular flexibility index (Phi) is 8.22. The van der Waals surface area contributed by atoms with Crippen molar-refractivity contribution in [3.05, 3.63) is 28.8 Å². The Labute approximate surface area is 200 Å². The van der Waals surface area contributed by atoms with E-state index in [2.05, 4.69) is 10.6 Å². The standard InChI is InChI=1S/C24H33ClN4O4/c25-20-4-3-18(16-21(20)29-14-9-22(30)27-24(29)32)23(31)28-12-7-19(8-13-28)33-15-1-2-17-5-10-26-11-6-17/h3-4,16-17,19,26H,1-2,5-15H2,(H,27,30,32). The smallest absolute Gasteiger partial charge is 0.328 e. The van der Waals surface area contributed by atoms with Gasteiger partial charge in [0.25, 0.3) is 5.91 Å². The van der Waals surface area contributed by atoms with Crippen LogP contribution in [0, 0.1) is 5.92 Å². The van der Waals surface area contributed by atoms with Crippen LogP contribution in [0.5, 0.6) is 0 Å². The number of likely N-dealkylation sites (tertiary alicyclic amines) is 1. The molecule has 3 heterocycles. The number of amides is 4. The van der Waals surface area contributed by atoms with E-state index in [0.29, 0.717) is 29.4 Å². The fourth-order valence-corrected chi connectivity index (χ4v) is 5.07. The Morgan fingerprint density at radius 2 is 1.85 bits per heavy atom. The molecular weight excluding hydrogens is 444 g/mol. The molecule has 0 spiro atoms. The molecular formula is C24H33ClN4O4. The molecule has 0 saturated carbocycles. The fourth-order valence-electron chi connectivity index (χ4n) is 4.85. The van der Waals surface area contributed by atoms with Crippen molar-refractivity contribution < 1.29 is 19.1 Å². The molecule has 9 heteroatoms. The van der Waals surface area contributed by atoms with E-state index in [1.807, 2.05) is 4.90 Å². The molecule has 0 aliphatic carbocycles. The normalized spacial score (nSPS) is 20.8. The maximum absolute atomic E-state index is 13.1. The molecule has 1 aromatic rings. The topological polar surface area (TPSA) is 91.0 Å². The van der Waals surface area contributed by atoms with Crippen molar-refractivity contribution in [2.45, 2.75) is 51.0 Å². The van der Waals surface area contributed by atoms with Gasteiger partial charge < -0.3 is 15.0 Å². The molecule has 33 heavy (non-hydrogen) atoms. The minimum Gasteiger partial charge on any atom is -0.378 e. The number of carbonyl (C=O) groups is 3. The van der Waals surface area contributed by atoms with Gasteiger partial charge in [0, 0.05) is 38.2 Å². The van der Waals surface area contributed by atoms with Crippen LogP contribution in [0.2, 0.25) is 5.02 Å². The van der Waals surface area contributed by atoms with Gasteiger partial charge in [-0.2, -0.15) is 0 Å². The van der Waals surface area contributed by atoms with Crippen molar-refractivity contribution >= 4 is 35.1 Å². The summed E-state index contributed by atoms with van der Waals surface area (Å²) < 4.78 is 6.09. The lowest BCUT2D eigenvalue weighted by Crippen LogP contribution is -2.49. The molecule has 3 saturated heterocycles. The van der Waals surface area contributed by atoms with E-state index in [9.17, 15) is 14.4 Å². The number of piperidine rings is 2. The van der Waals surface area contributed by atoms with Crippen molar-refractivity contribution in [1.29, 1.82) is 0 Å². The maximum atomic E-state index is 13.1. The molecule has 4 rings (SSSR count). The van der Waals surface area contributed by atoms with Gasteiger partial charge in [-0.15, -0.1) is 0 Å². The van der Waals surface area contributed by atoms with Crippen LogP contribution in [-0.2, 0) is 9.53 Å². The molecule has 8 nitrogen and oxygen atoms in total. The summed E-state index contributed by atoms with van der Waals surface area (Å²) in [5.41, 5.74) is 0.930. The molecule has 0 aromatic heterocycles. The van der Waals surface area contributed by atoms with Gasteiger partial charge in [-0.25, -0.2) is 4.79 Å². The summed E-state index contributed by atoms with van der Waals surface area (Å²) in [6.07, 6.45) is 6.95. The number of anilines is 1. The van der Waals surface area contributed by atoms with Crippen LogP contribution in [0.4, 0.5) is 10.5 Å². The van der Waals surface area contributed by atoms with Crippen molar-refractivity contribution in [3.8, 4) is 0 Å². The van der Waals surface area contributed by atoms with E-state index in [-0.39, 0.29) is 30.9 Å². The Morgan fingerprint density at radius 1 is 1.09 bits per heavy atom. The lowest BCUT2D eigenvalue weighted by atomic mass is 9.93. The minimum absolute atomic E-state index is 0.0780. The average Bonchev–Trinajstić information content (AvgIpc) is 2.83. The number of nitrogens with zero attached hydrogens (tertiary/aromatic N) is 2. The highest BCUT2D eigenvalue weighted by Crippen LogP contribution is 2.29. The first-order chi connectivity index (χ1) is 16.0. The van der Waals surface area contributed by atoms with E-state index in [4.69, 9.17) is 16.3 Å². The van der Waals surface area contributed by atoms with Crippen LogP contribution in [0.15, 0.2) is 18.2 Å². The van der Waals surface area contributed by atoms with Gasteiger partial charge in [-0.1, -0.05) is 11.6 Å². The van der Waals surface area contributed by atoms with Gasteiger partial charge in [0.05, 0.1) is 16.8 Å². The van der Waals surface area contributed by atoms with Crippen LogP contribution in [0.3, 0.4) is 0 Å². The zero-order valence-corrected chi connectivity index (χ0v) is 19.7. The monoisotopic (exact) mass is 476 g/mol. The predicted molar refractivity (Wildman–Crippen MR) is 127 cm³/mol. The SMILES string of the molecule is O=C1CCN(c2cc(C(=O)N3CCC(OCCCC4CCNCC4)CC3)ccc2Cl)C(=O)N1. The fraction of sp³-hybridized carbons (Fsp3) is 0.625. The summed E-state index contributed by atoms with van der Waals surface area (Å²) in [4.78, 5) is 40.0. The van der Waals surface area contributed by atoms with Gasteiger partial charge in [0.2, 0.25) is 5.91 Å². The molecule has 3 aliphatic heterocycles. The average molecular weight is 477 g/mol. The highest BCUT2D eigenvalue weighted by atomic mass is 35.5. The van der Waals surface area contributed by atoms with E-state index in [0.717, 1.165) is 44.9 Å². The van der Waals surface area contributed by atoms with Gasteiger partial charge in [-0.3, -0.25) is 19.8 Å². The summed E-state index contributed by atoms with van der Waals surface area (Å²) in [6.45, 7) is 4.60. The van der Waals surface area contributed by atoms with Crippen LogP contribution >= 0.6 is 11.6 Å². The number of benzene rings is 1. The molecule has 180 valence electrons. The van der Waals surface area contributed by atoms with Gasteiger partial charge in [0.1, 0.15) is 0 Å². The lowest BCUT2D eigenvalue weighted by Gasteiger charge is -2.32. The second-order valence-electron chi connectivity index (χ2n) is 9.12. The zero-order chi connectivity index (χ0) is 23.2. The minimum atomic E-state index is -0.518. The van der Waals surface area contributed by atoms with E-state index >= 15 is 0 Å². The molecule has 0 bridgehead atoms. The van der Waals surface area contributed by atoms with Gasteiger partial charge >= 0.3 is 6.03 Å². The first kappa shape index (κ1) is 24.0. The lowest BCUT2D eigenvalue weighted by molar-refractivity contribution is -0.120. The third kappa shape index (κ3) is 6.25. The first-order valence-corrected chi connectivity index (χ1v) is 12.4. The van der Waals surface area contributed by atoms with Crippen molar-refractivity contribution in [2.75, 3.05) is 44.2 Å². The van der Waals surface area contributed by atoms with E-state index in [1.165, 1.54) is 24.2 Å². The maximum Gasteiger partial charge on any atom is 0.328 e. The number of halogens is 1. The second-order valence-corrected chi connectivity index (χ2v) is 9.53.